The van der Waals surface area contributed by atoms with Gasteiger partial charge in [0.15, 0.2) is 0 Å². The number of anilines is 1. The summed E-state index contributed by atoms with van der Waals surface area (Å²) in [4.78, 5) is 55.4. The van der Waals surface area contributed by atoms with Gasteiger partial charge in [-0.2, -0.15) is 5.01 Å². The number of carbonyl (C=O) groups is 4. The Labute approximate surface area is 215 Å². The van der Waals surface area contributed by atoms with Gasteiger partial charge in [-0.3, -0.25) is 19.2 Å². The van der Waals surface area contributed by atoms with Crippen LogP contribution in [0.1, 0.15) is 67.7 Å². The zero-order valence-corrected chi connectivity index (χ0v) is 21.5. The second-order valence-electron chi connectivity index (χ2n) is 11.9. The van der Waals surface area contributed by atoms with Crippen LogP contribution in [0.2, 0.25) is 0 Å². The number of amides is 4. The fraction of sp³-hybridized carbons (Fsp3) is 0.448. The summed E-state index contributed by atoms with van der Waals surface area (Å²) in [6.45, 7) is 7.98. The van der Waals surface area contributed by atoms with Crippen LogP contribution in [0.4, 0.5) is 5.69 Å². The lowest BCUT2D eigenvalue weighted by Crippen LogP contribution is -2.54. The van der Waals surface area contributed by atoms with Crippen molar-refractivity contribution in [3.63, 3.8) is 0 Å². The third-order valence-corrected chi connectivity index (χ3v) is 10.4. The van der Waals surface area contributed by atoms with Gasteiger partial charge in [0.2, 0.25) is 0 Å². The fourth-order valence-electron chi connectivity index (χ4n) is 8.03. The molecule has 37 heavy (non-hydrogen) atoms. The Morgan fingerprint density at radius 3 is 2.05 bits per heavy atom. The average Bonchev–Trinajstić information content (AvgIpc) is 3.15. The van der Waals surface area contributed by atoms with Crippen LogP contribution in [0, 0.1) is 16.7 Å². The van der Waals surface area contributed by atoms with Crippen molar-refractivity contribution in [3.05, 3.63) is 65.7 Å². The molecule has 5 aliphatic rings. The van der Waals surface area contributed by atoms with Gasteiger partial charge in [0, 0.05) is 0 Å². The molecule has 2 saturated heterocycles. The van der Waals surface area contributed by atoms with E-state index in [1.54, 1.807) is 46.2 Å². The van der Waals surface area contributed by atoms with Crippen molar-refractivity contribution < 1.29 is 19.2 Å². The number of hydrogen-bond acceptors (Lipinski definition) is 5. The van der Waals surface area contributed by atoms with Crippen LogP contribution in [0.5, 0.6) is 0 Å². The molecule has 2 bridgehead atoms. The van der Waals surface area contributed by atoms with Crippen molar-refractivity contribution >= 4 is 29.3 Å². The van der Waals surface area contributed by atoms with Crippen molar-refractivity contribution in [2.75, 3.05) is 5.01 Å². The number of hydrazine groups is 2. The summed E-state index contributed by atoms with van der Waals surface area (Å²) in [5.74, 6) is -0.741. The maximum Gasteiger partial charge on any atom is 0.276 e. The van der Waals surface area contributed by atoms with Gasteiger partial charge < -0.3 is 0 Å². The number of nitrogens with zero attached hydrogens (tertiary/aromatic N) is 4. The van der Waals surface area contributed by atoms with Crippen LogP contribution in [0.25, 0.3) is 0 Å². The van der Waals surface area contributed by atoms with Gasteiger partial charge in [-0.05, 0) is 68.7 Å². The summed E-state index contributed by atoms with van der Waals surface area (Å²) in [5.41, 5.74) is -0.659. The highest BCUT2D eigenvalue weighted by Gasteiger charge is 2.78. The van der Waals surface area contributed by atoms with Crippen molar-refractivity contribution in [1.29, 1.82) is 0 Å². The first-order valence-corrected chi connectivity index (χ1v) is 13.1. The molecule has 4 amide bonds. The Morgan fingerprint density at radius 1 is 0.865 bits per heavy atom. The molecule has 1 spiro atoms. The van der Waals surface area contributed by atoms with Crippen molar-refractivity contribution in [2.45, 2.75) is 64.6 Å². The number of imide groups is 1. The standard InChI is InChI=1S/C29H30N4O4/c1-17-28(4,33(17)32-23(34)20-12-8-9-13-21(20)24(32)35)25(36)31-22-16-18-14-15-29(22,27(18,2)3)26(37)30(31)19-10-6-5-7-11-19/h5-13,17-18,22H,14-16H2,1-4H3/t17-,18-,22-,28+,29+,33?/m1/s1. The van der Waals surface area contributed by atoms with Gasteiger partial charge in [-0.15, -0.1) is 0 Å². The number of para-hydroxylation sites is 1. The minimum Gasteiger partial charge on any atom is -0.272 e. The van der Waals surface area contributed by atoms with Gasteiger partial charge in [0.25, 0.3) is 23.6 Å². The van der Waals surface area contributed by atoms with Crippen LogP contribution < -0.4 is 5.01 Å². The molecule has 3 heterocycles. The molecule has 0 radical (unpaired) electrons. The van der Waals surface area contributed by atoms with Gasteiger partial charge in [-0.25, -0.2) is 15.0 Å². The summed E-state index contributed by atoms with van der Waals surface area (Å²) < 4.78 is 0. The average molecular weight is 499 g/mol. The molecule has 8 nitrogen and oxygen atoms in total. The predicted octanol–water partition coefficient (Wildman–Crippen LogP) is 3.65. The molecule has 7 rings (SSSR count). The van der Waals surface area contributed by atoms with E-state index in [9.17, 15) is 19.2 Å². The lowest BCUT2D eigenvalue weighted by Gasteiger charge is -2.36. The monoisotopic (exact) mass is 498 g/mol. The molecule has 6 atom stereocenters. The molecule has 8 heteroatoms. The normalized spacial score (nSPS) is 36.9. The van der Waals surface area contributed by atoms with Crippen molar-refractivity contribution in [1.82, 2.24) is 15.0 Å². The summed E-state index contributed by atoms with van der Waals surface area (Å²) in [5, 5.41) is 6.00. The van der Waals surface area contributed by atoms with Crippen molar-refractivity contribution in [3.8, 4) is 0 Å². The minimum absolute atomic E-state index is 0.0220. The van der Waals surface area contributed by atoms with Crippen LogP contribution >= 0.6 is 0 Å². The molecular weight excluding hydrogens is 468 g/mol. The molecule has 0 aromatic heterocycles. The molecule has 2 aromatic rings. The summed E-state index contributed by atoms with van der Waals surface area (Å²) >= 11 is 0. The highest BCUT2D eigenvalue weighted by molar-refractivity contribution is 6.21. The summed E-state index contributed by atoms with van der Waals surface area (Å²) in [6.07, 6.45) is 2.51. The largest absolute Gasteiger partial charge is 0.276 e. The number of carbonyl (C=O) groups excluding carboxylic acids is 4. The highest BCUT2D eigenvalue weighted by Crippen LogP contribution is 2.70. The van der Waals surface area contributed by atoms with Gasteiger partial charge in [0.1, 0.15) is 5.54 Å². The topological polar surface area (TPSA) is 81.0 Å². The van der Waals surface area contributed by atoms with Crippen LogP contribution in [0.15, 0.2) is 54.6 Å². The Hall–Kier alpha value is -3.52. The maximum absolute atomic E-state index is 14.6. The molecule has 3 aliphatic heterocycles. The Morgan fingerprint density at radius 2 is 1.46 bits per heavy atom. The Bertz CT molecular complexity index is 1370. The van der Waals surface area contributed by atoms with E-state index < -0.39 is 28.8 Å². The molecule has 4 fully saturated rings. The minimum atomic E-state index is -1.14. The zero-order chi connectivity index (χ0) is 26.1. The maximum atomic E-state index is 14.6. The Kier molecular flexibility index (Phi) is 4.20. The van der Waals surface area contributed by atoms with Crippen LogP contribution in [-0.4, -0.2) is 56.3 Å². The predicted molar refractivity (Wildman–Crippen MR) is 135 cm³/mol. The van der Waals surface area contributed by atoms with Crippen LogP contribution in [0.3, 0.4) is 0 Å². The van der Waals surface area contributed by atoms with Crippen LogP contribution in [-0.2, 0) is 9.59 Å². The van der Waals surface area contributed by atoms with E-state index in [0.717, 1.165) is 24.3 Å². The van der Waals surface area contributed by atoms with Gasteiger partial charge in [0.05, 0.1) is 34.3 Å². The third kappa shape index (κ3) is 2.39. The van der Waals surface area contributed by atoms with Gasteiger partial charge >= 0.3 is 0 Å². The summed E-state index contributed by atoms with van der Waals surface area (Å²) in [6, 6.07) is 15.4. The third-order valence-electron chi connectivity index (χ3n) is 10.4. The molecule has 1 unspecified atom stereocenters. The molecule has 190 valence electrons. The van der Waals surface area contributed by atoms with E-state index in [-0.39, 0.29) is 23.3 Å². The fourth-order valence-corrected chi connectivity index (χ4v) is 8.03. The van der Waals surface area contributed by atoms with E-state index in [4.69, 9.17) is 0 Å². The number of benzene rings is 2. The zero-order valence-electron chi connectivity index (χ0n) is 21.5. The highest BCUT2D eigenvalue weighted by atomic mass is 16.2. The van der Waals surface area contributed by atoms with E-state index in [2.05, 4.69) is 13.8 Å². The van der Waals surface area contributed by atoms with Crippen molar-refractivity contribution in [2.24, 2.45) is 16.7 Å². The first-order chi connectivity index (χ1) is 17.6. The Balaban J connectivity index is 1.30. The van der Waals surface area contributed by atoms with E-state index >= 15 is 0 Å². The molecule has 2 aliphatic carbocycles. The number of rotatable bonds is 3. The van der Waals surface area contributed by atoms with E-state index in [1.807, 2.05) is 37.3 Å². The van der Waals surface area contributed by atoms with E-state index in [0.29, 0.717) is 22.7 Å². The number of fused-ring (bicyclic) bond motifs is 2. The lowest BCUT2D eigenvalue weighted by atomic mass is 9.67. The van der Waals surface area contributed by atoms with Gasteiger partial charge in [-0.1, -0.05) is 44.2 Å². The molecule has 2 saturated carbocycles. The summed E-state index contributed by atoms with van der Waals surface area (Å²) in [7, 11) is 0. The second-order valence-corrected chi connectivity index (χ2v) is 11.9. The smallest absolute Gasteiger partial charge is 0.272 e. The molecular formula is C29H30N4O4. The molecule has 0 N–H and O–H groups in total. The second kappa shape index (κ2) is 6.86. The first kappa shape index (κ1) is 22.7. The quantitative estimate of drug-likeness (QED) is 0.477. The number of hydrogen-bond donors (Lipinski definition) is 0. The lowest BCUT2D eigenvalue weighted by molar-refractivity contribution is -0.139. The molecule has 2 aromatic carbocycles. The van der Waals surface area contributed by atoms with E-state index in [1.165, 1.54) is 0 Å². The first-order valence-electron chi connectivity index (χ1n) is 13.1. The SMILES string of the molecule is C[C@H]1N(N2C(=O)c3ccccc3C2=O)[C@]1(C)C(=O)N1[C@@H]2C[C@H]3CC[C@]2(C(=O)N1c1ccccc1)C3(C)C.